The number of halogens is 3. The van der Waals surface area contributed by atoms with Gasteiger partial charge < -0.3 is 9.64 Å². The number of aryl methyl sites for hydroxylation is 1. The highest BCUT2D eigenvalue weighted by Crippen LogP contribution is 2.31. The van der Waals surface area contributed by atoms with Crippen molar-refractivity contribution in [2.75, 3.05) is 25.1 Å². The molecule has 4 nitrogen and oxygen atoms in total. The molecule has 0 bridgehead atoms. The highest BCUT2D eigenvalue weighted by Gasteiger charge is 2.33. The first-order valence-corrected chi connectivity index (χ1v) is 7.80. The van der Waals surface area contributed by atoms with E-state index in [9.17, 15) is 13.6 Å². The lowest BCUT2D eigenvalue weighted by atomic mass is 10.1. The molecule has 1 aliphatic heterocycles. The van der Waals surface area contributed by atoms with E-state index in [1.807, 2.05) is 6.92 Å². The number of rotatable bonds is 2. The van der Waals surface area contributed by atoms with Gasteiger partial charge in [-0.2, -0.15) is 0 Å². The first kappa shape index (κ1) is 16.4. The molecule has 0 radical (unpaired) electrons. The molecule has 116 valence electrons. The van der Waals surface area contributed by atoms with E-state index in [2.05, 4.69) is 27.6 Å². The van der Waals surface area contributed by atoms with E-state index in [-0.39, 0.29) is 19.4 Å². The van der Waals surface area contributed by atoms with E-state index in [0.29, 0.717) is 24.3 Å². The maximum absolute atomic E-state index is 13.5. The fourth-order valence-corrected chi connectivity index (χ4v) is 2.78. The minimum absolute atomic E-state index is 0.125. The zero-order valence-electron chi connectivity index (χ0n) is 12.0. The lowest BCUT2D eigenvalue weighted by molar-refractivity contribution is -0.0102. The number of alkyl halides is 2. The van der Waals surface area contributed by atoms with E-state index in [1.165, 1.54) is 7.11 Å². The molecular weight excluding hydrogens is 393 g/mol. The molecule has 1 aromatic rings. The molecule has 1 aromatic heterocycles. The van der Waals surface area contributed by atoms with Crippen LogP contribution in [-0.4, -0.2) is 37.1 Å². The van der Waals surface area contributed by atoms with Crippen molar-refractivity contribution in [1.82, 2.24) is 4.98 Å². The van der Waals surface area contributed by atoms with Crippen LogP contribution in [-0.2, 0) is 4.74 Å². The van der Waals surface area contributed by atoms with E-state index >= 15 is 0 Å². The van der Waals surface area contributed by atoms with E-state index in [0.717, 1.165) is 9.26 Å². The Kier molecular flexibility index (Phi) is 5.00. The van der Waals surface area contributed by atoms with Gasteiger partial charge in [-0.15, -0.1) is 0 Å². The predicted octanol–water partition coefficient (Wildman–Crippen LogP) is 3.41. The molecule has 0 amide bonds. The Hall–Kier alpha value is -0.990. The molecular formula is C14H17F2IN2O2. The first-order chi connectivity index (χ1) is 9.84. The van der Waals surface area contributed by atoms with Gasteiger partial charge in [0.1, 0.15) is 11.4 Å². The SMILES string of the molecule is COC(=O)c1cc(I)c(C)nc1N1CCCC(F)(F)CC1. The van der Waals surface area contributed by atoms with Gasteiger partial charge in [-0.05, 0) is 42.0 Å². The Morgan fingerprint density at radius 1 is 1.43 bits per heavy atom. The largest absolute Gasteiger partial charge is 0.465 e. The van der Waals surface area contributed by atoms with Crippen LogP contribution in [0.15, 0.2) is 6.07 Å². The summed E-state index contributed by atoms with van der Waals surface area (Å²) in [4.78, 5) is 18.1. The van der Waals surface area contributed by atoms with Gasteiger partial charge in [0.15, 0.2) is 0 Å². The molecule has 0 N–H and O–H groups in total. The smallest absolute Gasteiger partial charge is 0.341 e. The zero-order chi connectivity index (χ0) is 15.6. The number of hydrogen-bond donors (Lipinski definition) is 0. The van der Waals surface area contributed by atoms with Crippen molar-refractivity contribution in [2.24, 2.45) is 0 Å². The number of methoxy groups -OCH3 is 1. The minimum Gasteiger partial charge on any atom is -0.465 e. The molecule has 1 saturated heterocycles. The summed E-state index contributed by atoms with van der Waals surface area (Å²) < 4.78 is 32.6. The summed E-state index contributed by atoms with van der Waals surface area (Å²) in [6.07, 6.45) is 0.0288. The van der Waals surface area contributed by atoms with Crippen LogP contribution < -0.4 is 4.90 Å². The van der Waals surface area contributed by atoms with E-state index < -0.39 is 11.9 Å². The predicted molar refractivity (Wildman–Crippen MR) is 84.0 cm³/mol. The van der Waals surface area contributed by atoms with Gasteiger partial charge in [-0.3, -0.25) is 0 Å². The molecule has 0 spiro atoms. The summed E-state index contributed by atoms with van der Waals surface area (Å²) in [5.74, 6) is -2.69. The van der Waals surface area contributed by atoms with Crippen LogP contribution in [0, 0.1) is 10.5 Å². The second-order valence-corrected chi connectivity index (χ2v) is 6.28. The normalized spacial score (nSPS) is 18.2. The number of anilines is 1. The third-order valence-corrected chi connectivity index (χ3v) is 4.65. The molecule has 1 aliphatic rings. The van der Waals surface area contributed by atoms with Gasteiger partial charge in [0.05, 0.1) is 12.8 Å². The van der Waals surface area contributed by atoms with Crippen molar-refractivity contribution in [3.63, 3.8) is 0 Å². The van der Waals surface area contributed by atoms with Crippen molar-refractivity contribution in [3.8, 4) is 0 Å². The number of esters is 1. The van der Waals surface area contributed by atoms with Crippen LogP contribution in [0.2, 0.25) is 0 Å². The average molecular weight is 410 g/mol. The monoisotopic (exact) mass is 410 g/mol. The second-order valence-electron chi connectivity index (χ2n) is 5.11. The summed E-state index contributed by atoms with van der Waals surface area (Å²) >= 11 is 2.09. The lowest BCUT2D eigenvalue weighted by Crippen LogP contribution is -2.29. The first-order valence-electron chi connectivity index (χ1n) is 6.72. The summed E-state index contributed by atoms with van der Waals surface area (Å²) in [5, 5.41) is 0. The summed E-state index contributed by atoms with van der Waals surface area (Å²) in [5.41, 5.74) is 1.10. The Balaban J connectivity index is 2.37. The molecule has 0 atom stereocenters. The van der Waals surface area contributed by atoms with Gasteiger partial charge in [0.25, 0.3) is 0 Å². The maximum atomic E-state index is 13.5. The van der Waals surface area contributed by atoms with Crippen molar-refractivity contribution < 1.29 is 18.3 Å². The highest BCUT2D eigenvalue weighted by atomic mass is 127. The molecule has 1 fully saturated rings. The summed E-state index contributed by atoms with van der Waals surface area (Å²) in [7, 11) is 1.30. The third-order valence-electron chi connectivity index (χ3n) is 3.55. The van der Waals surface area contributed by atoms with Gasteiger partial charge in [-0.25, -0.2) is 18.6 Å². The lowest BCUT2D eigenvalue weighted by Gasteiger charge is -2.24. The Morgan fingerprint density at radius 2 is 2.14 bits per heavy atom. The molecule has 0 aliphatic carbocycles. The zero-order valence-corrected chi connectivity index (χ0v) is 14.1. The number of carbonyl (C=O) groups excluding carboxylic acids is 1. The fraction of sp³-hybridized carbons (Fsp3) is 0.571. The molecule has 0 aromatic carbocycles. The maximum Gasteiger partial charge on any atom is 0.341 e. The third kappa shape index (κ3) is 3.81. The number of hydrogen-bond acceptors (Lipinski definition) is 4. The van der Waals surface area contributed by atoms with Gasteiger partial charge in [0.2, 0.25) is 5.92 Å². The molecule has 2 rings (SSSR count). The van der Waals surface area contributed by atoms with Crippen molar-refractivity contribution in [3.05, 3.63) is 20.9 Å². The van der Waals surface area contributed by atoms with Gasteiger partial charge >= 0.3 is 5.97 Å². The molecule has 2 heterocycles. The van der Waals surface area contributed by atoms with Crippen LogP contribution in [0.3, 0.4) is 0 Å². The molecule has 7 heteroatoms. The molecule has 21 heavy (non-hydrogen) atoms. The Bertz CT molecular complexity index is 552. The minimum atomic E-state index is -2.64. The van der Waals surface area contributed by atoms with E-state index in [4.69, 9.17) is 4.74 Å². The topological polar surface area (TPSA) is 42.4 Å². The van der Waals surface area contributed by atoms with Crippen LogP contribution >= 0.6 is 22.6 Å². The second kappa shape index (κ2) is 6.41. The number of pyridine rings is 1. The quantitative estimate of drug-likeness (QED) is 0.554. The van der Waals surface area contributed by atoms with Crippen LogP contribution in [0.25, 0.3) is 0 Å². The Labute approximate surface area is 136 Å². The highest BCUT2D eigenvalue weighted by molar-refractivity contribution is 14.1. The summed E-state index contributed by atoms with van der Waals surface area (Å²) in [6, 6.07) is 1.70. The van der Waals surface area contributed by atoms with Crippen LogP contribution in [0.1, 0.15) is 35.3 Å². The summed E-state index contributed by atoms with van der Waals surface area (Å²) in [6.45, 7) is 2.48. The molecule has 0 saturated carbocycles. The van der Waals surface area contributed by atoms with Crippen molar-refractivity contribution in [2.45, 2.75) is 32.1 Å². The fourth-order valence-electron chi connectivity index (χ4n) is 2.35. The van der Waals surface area contributed by atoms with Crippen molar-refractivity contribution in [1.29, 1.82) is 0 Å². The standard InChI is InChI=1S/C14H17F2IN2O2/c1-9-11(17)8-10(13(20)21-2)12(18-9)19-6-3-4-14(15,16)5-7-19/h8H,3-7H2,1-2H3. The Morgan fingerprint density at radius 3 is 2.81 bits per heavy atom. The number of aromatic nitrogens is 1. The van der Waals surface area contributed by atoms with Gasteiger partial charge in [-0.1, -0.05) is 0 Å². The van der Waals surface area contributed by atoms with Crippen molar-refractivity contribution >= 4 is 34.4 Å². The number of nitrogens with zero attached hydrogens (tertiary/aromatic N) is 2. The molecule has 0 unspecified atom stereocenters. The van der Waals surface area contributed by atoms with Gasteiger partial charge in [0, 0.05) is 29.5 Å². The number of carbonyl (C=O) groups is 1. The average Bonchev–Trinajstić information content (AvgIpc) is 2.61. The number of ether oxygens (including phenoxy) is 1. The van der Waals surface area contributed by atoms with Crippen LogP contribution in [0.5, 0.6) is 0 Å². The van der Waals surface area contributed by atoms with Crippen LogP contribution in [0.4, 0.5) is 14.6 Å². The van der Waals surface area contributed by atoms with E-state index in [1.54, 1.807) is 11.0 Å².